The summed E-state index contributed by atoms with van der Waals surface area (Å²) < 4.78 is 11.7. The fourth-order valence-electron chi connectivity index (χ4n) is 4.91. The predicted molar refractivity (Wildman–Crippen MR) is 139 cm³/mol. The van der Waals surface area contributed by atoms with Crippen molar-refractivity contribution in [1.82, 2.24) is 9.88 Å². The van der Waals surface area contributed by atoms with E-state index in [1.807, 2.05) is 49.4 Å². The zero-order valence-electron chi connectivity index (χ0n) is 21.0. The lowest BCUT2D eigenvalue weighted by Crippen LogP contribution is -2.29. The van der Waals surface area contributed by atoms with Gasteiger partial charge in [-0.15, -0.1) is 0 Å². The Balaban J connectivity index is 1.59. The van der Waals surface area contributed by atoms with Crippen LogP contribution < -0.4 is 9.47 Å². The number of pyridine rings is 1. The molecule has 190 valence electrons. The fourth-order valence-corrected chi connectivity index (χ4v) is 4.91. The van der Waals surface area contributed by atoms with Crippen LogP contribution in [0.3, 0.4) is 0 Å². The Morgan fingerprint density at radius 2 is 1.95 bits per heavy atom. The maximum Gasteiger partial charge on any atom is 0.295 e. The number of fused-ring (bicyclic) bond motifs is 1. The molecular formula is C30H30N2O5. The van der Waals surface area contributed by atoms with E-state index < -0.39 is 17.7 Å². The molecular weight excluding hydrogens is 468 g/mol. The molecule has 2 aliphatic heterocycles. The van der Waals surface area contributed by atoms with Crippen LogP contribution in [0.4, 0.5) is 0 Å². The van der Waals surface area contributed by atoms with Crippen LogP contribution in [0.2, 0.25) is 0 Å². The van der Waals surface area contributed by atoms with Crippen molar-refractivity contribution in [2.24, 2.45) is 0 Å². The van der Waals surface area contributed by atoms with E-state index in [9.17, 15) is 14.7 Å². The van der Waals surface area contributed by atoms with Gasteiger partial charge in [0.2, 0.25) is 0 Å². The largest absolute Gasteiger partial charge is 0.507 e. The Labute approximate surface area is 216 Å². The first kappa shape index (κ1) is 24.6. The zero-order chi connectivity index (χ0) is 25.9. The first-order valence-electron chi connectivity index (χ1n) is 12.7. The minimum absolute atomic E-state index is 0.0498. The smallest absolute Gasteiger partial charge is 0.295 e. The van der Waals surface area contributed by atoms with Crippen LogP contribution in [0.25, 0.3) is 5.76 Å². The average molecular weight is 499 g/mol. The van der Waals surface area contributed by atoms with Crippen molar-refractivity contribution in [1.29, 1.82) is 0 Å². The van der Waals surface area contributed by atoms with E-state index in [4.69, 9.17) is 9.47 Å². The molecule has 5 rings (SSSR count). The third-order valence-electron chi connectivity index (χ3n) is 6.75. The van der Waals surface area contributed by atoms with Crippen molar-refractivity contribution >= 4 is 17.4 Å². The monoisotopic (exact) mass is 498 g/mol. The molecule has 7 heteroatoms. The Morgan fingerprint density at radius 1 is 1.14 bits per heavy atom. The molecule has 1 N–H and O–H groups in total. The van der Waals surface area contributed by atoms with Crippen molar-refractivity contribution in [2.75, 3.05) is 6.61 Å². The highest BCUT2D eigenvalue weighted by atomic mass is 16.5. The van der Waals surface area contributed by atoms with Crippen LogP contribution >= 0.6 is 0 Å². The minimum atomic E-state index is -0.772. The molecule has 2 unspecified atom stereocenters. The Kier molecular flexibility index (Phi) is 6.95. The molecule has 0 spiro atoms. The summed E-state index contributed by atoms with van der Waals surface area (Å²) in [5, 5.41) is 11.5. The number of hydrogen-bond donors (Lipinski definition) is 1. The van der Waals surface area contributed by atoms with E-state index in [0.29, 0.717) is 29.9 Å². The van der Waals surface area contributed by atoms with Gasteiger partial charge in [0.1, 0.15) is 23.4 Å². The third-order valence-corrected chi connectivity index (χ3v) is 6.75. The quantitative estimate of drug-likeness (QED) is 0.199. The van der Waals surface area contributed by atoms with Crippen LogP contribution in [0, 0.1) is 0 Å². The summed E-state index contributed by atoms with van der Waals surface area (Å²) in [6.07, 6.45) is 6.00. The summed E-state index contributed by atoms with van der Waals surface area (Å²) in [5.74, 6) is -0.127. The maximum atomic E-state index is 13.4. The lowest BCUT2D eigenvalue weighted by Gasteiger charge is -2.26. The van der Waals surface area contributed by atoms with Gasteiger partial charge in [-0.2, -0.15) is 0 Å². The molecule has 2 aliphatic rings. The molecule has 0 radical (unpaired) electrons. The van der Waals surface area contributed by atoms with Gasteiger partial charge in [-0.25, -0.2) is 0 Å². The number of hydrogen-bond acceptors (Lipinski definition) is 6. The van der Waals surface area contributed by atoms with Crippen molar-refractivity contribution < 1.29 is 24.2 Å². The molecule has 3 heterocycles. The highest BCUT2D eigenvalue weighted by Crippen LogP contribution is 2.42. The molecule has 0 aliphatic carbocycles. The van der Waals surface area contributed by atoms with Crippen LogP contribution in [0.15, 0.2) is 72.6 Å². The number of rotatable bonds is 8. The van der Waals surface area contributed by atoms with Gasteiger partial charge in [-0.1, -0.05) is 25.5 Å². The highest BCUT2D eigenvalue weighted by Gasteiger charge is 2.46. The lowest BCUT2D eigenvalue weighted by atomic mass is 9.94. The predicted octanol–water partition coefficient (Wildman–Crippen LogP) is 5.21. The van der Waals surface area contributed by atoms with Crippen molar-refractivity contribution in [3.63, 3.8) is 0 Å². The first-order chi connectivity index (χ1) is 18.0. The third kappa shape index (κ3) is 4.94. The molecule has 3 aromatic rings. The van der Waals surface area contributed by atoms with E-state index in [0.717, 1.165) is 29.7 Å². The zero-order valence-corrected chi connectivity index (χ0v) is 21.0. The molecule has 7 nitrogen and oxygen atoms in total. The van der Waals surface area contributed by atoms with Gasteiger partial charge >= 0.3 is 0 Å². The minimum Gasteiger partial charge on any atom is -0.507 e. The van der Waals surface area contributed by atoms with Crippen LogP contribution in [-0.4, -0.2) is 39.4 Å². The summed E-state index contributed by atoms with van der Waals surface area (Å²) in [4.78, 5) is 32.3. The number of ketones is 1. The summed E-state index contributed by atoms with van der Waals surface area (Å²) in [6.45, 7) is 4.86. The second-order valence-electron chi connectivity index (χ2n) is 9.51. The van der Waals surface area contributed by atoms with E-state index in [1.54, 1.807) is 24.5 Å². The number of benzene rings is 2. The SMILES string of the molecule is CCCCOc1cccc(C2/C(=C(/O)c3ccc4c(c3)CC(C)O4)C(=O)C(=O)N2Cc2ccncc2)c1. The fraction of sp³-hybridized carbons (Fsp3) is 0.300. The molecule has 1 amide bonds. The average Bonchev–Trinajstić information content (AvgIpc) is 3.40. The van der Waals surface area contributed by atoms with Gasteiger partial charge in [0.05, 0.1) is 18.2 Å². The number of aliphatic hydroxyl groups excluding tert-OH is 1. The molecule has 2 atom stereocenters. The summed E-state index contributed by atoms with van der Waals surface area (Å²) >= 11 is 0. The van der Waals surface area contributed by atoms with Crippen LogP contribution in [-0.2, 0) is 22.6 Å². The number of nitrogens with zero attached hydrogens (tertiary/aromatic N) is 2. The molecule has 1 saturated heterocycles. The van der Waals surface area contributed by atoms with Gasteiger partial charge in [0.25, 0.3) is 11.7 Å². The number of aliphatic hydroxyl groups is 1. The molecule has 1 fully saturated rings. The standard InChI is InChI=1S/C30H30N2O5/c1-3-4-14-36-24-7-5-6-21(17-24)27-26(28(33)22-8-9-25-23(16-22)15-19(2)37-25)29(34)30(35)32(27)18-20-10-12-31-13-11-20/h5-13,16-17,19,27,33H,3-4,14-15,18H2,1-2H3/b28-26-. The van der Waals surface area contributed by atoms with Gasteiger partial charge in [0.15, 0.2) is 0 Å². The number of unbranched alkanes of at least 4 members (excludes halogenated alkanes) is 1. The second-order valence-corrected chi connectivity index (χ2v) is 9.51. The summed E-state index contributed by atoms with van der Waals surface area (Å²) in [5.41, 5.74) is 3.05. The summed E-state index contributed by atoms with van der Waals surface area (Å²) in [6, 6.07) is 15.6. The van der Waals surface area contributed by atoms with Gasteiger partial charge in [-0.3, -0.25) is 14.6 Å². The van der Waals surface area contributed by atoms with Crippen LogP contribution in [0.1, 0.15) is 55.0 Å². The molecule has 0 bridgehead atoms. The number of likely N-dealkylation sites (tertiary alicyclic amines) is 1. The van der Waals surface area contributed by atoms with E-state index >= 15 is 0 Å². The molecule has 0 saturated carbocycles. The van der Waals surface area contributed by atoms with E-state index in [-0.39, 0.29) is 24.0 Å². The maximum absolute atomic E-state index is 13.4. The van der Waals surface area contributed by atoms with E-state index in [2.05, 4.69) is 11.9 Å². The number of Topliss-reactive ketones (excluding diaryl/α,β-unsaturated/α-hetero) is 1. The van der Waals surface area contributed by atoms with Crippen molar-refractivity contribution in [3.05, 3.63) is 94.8 Å². The van der Waals surface area contributed by atoms with Crippen LogP contribution in [0.5, 0.6) is 11.5 Å². The van der Waals surface area contributed by atoms with Gasteiger partial charge in [-0.05, 0) is 72.5 Å². The van der Waals surface area contributed by atoms with Crippen molar-refractivity contribution in [3.8, 4) is 11.5 Å². The molecule has 37 heavy (non-hydrogen) atoms. The Bertz CT molecular complexity index is 1350. The second kappa shape index (κ2) is 10.5. The summed E-state index contributed by atoms with van der Waals surface area (Å²) in [7, 11) is 0. The molecule has 2 aromatic carbocycles. The van der Waals surface area contributed by atoms with Crippen molar-refractivity contribution in [2.45, 2.75) is 51.8 Å². The van der Waals surface area contributed by atoms with E-state index in [1.165, 1.54) is 4.90 Å². The van der Waals surface area contributed by atoms with Gasteiger partial charge in [0, 0.05) is 30.9 Å². The normalized spacial score (nSPS) is 20.1. The Hall–Kier alpha value is -4.13. The number of amides is 1. The number of aromatic nitrogens is 1. The number of carbonyl (C=O) groups excluding carboxylic acids is 2. The Morgan fingerprint density at radius 3 is 2.73 bits per heavy atom. The topological polar surface area (TPSA) is 89.0 Å². The number of ether oxygens (including phenoxy) is 2. The van der Waals surface area contributed by atoms with Gasteiger partial charge < -0.3 is 19.5 Å². The first-order valence-corrected chi connectivity index (χ1v) is 12.7. The number of carbonyl (C=O) groups is 2. The molecule has 1 aromatic heterocycles. The highest BCUT2D eigenvalue weighted by molar-refractivity contribution is 6.46. The lowest BCUT2D eigenvalue weighted by molar-refractivity contribution is -0.140.